The lowest BCUT2D eigenvalue weighted by Gasteiger charge is -2.19. The van der Waals surface area contributed by atoms with Crippen molar-refractivity contribution >= 4 is 29.1 Å². The van der Waals surface area contributed by atoms with Gasteiger partial charge in [-0.1, -0.05) is 36.7 Å². The Labute approximate surface area is 175 Å². The van der Waals surface area contributed by atoms with Gasteiger partial charge in [0.1, 0.15) is 5.75 Å². The van der Waals surface area contributed by atoms with Crippen molar-refractivity contribution in [1.82, 2.24) is 5.32 Å². The van der Waals surface area contributed by atoms with Gasteiger partial charge < -0.3 is 20.1 Å². The summed E-state index contributed by atoms with van der Waals surface area (Å²) in [7, 11) is 0. The quantitative estimate of drug-likeness (QED) is 0.680. The normalized spacial score (nSPS) is 16.8. The predicted molar refractivity (Wildman–Crippen MR) is 113 cm³/mol. The van der Waals surface area contributed by atoms with Gasteiger partial charge in [-0.2, -0.15) is 0 Å². The number of benzene rings is 2. The van der Waals surface area contributed by atoms with Crippen LogP contribution in [0.4, 0.5) is 5.69 Å². The van der Waals surface area contributed by atoms with Gasteiger partial charge in [-0.3, -0.25) is 9.59 Å². The molecule has 2 atom stereocenters. The molecule has 1 aliphatic heterocycles. The number of para-hydroxylation sites is 1. The Morgan fingerprint density at radius 1 is 1.24 bits per heavy atom. The first-order valence-electron chi connectivity index (χ1n) is 9.78. The van der Waals surface area contributed by atoms with Crippen molar-refractivity contribution in [2.24, 2.45) is 0 Å². The molecular weight excluding hydrogens is 392 g/mol. The van der Waals surface area contributed by atoms with E-state index < -0.39 is 6.10 Å². The molecule has 29 heavy (non-hydrogen) atoms. The Morgan fingerprint density at radius 2 is 2.07 bits per heavy atom. The summed E-state index contributed by atoms with van der Waals surface area (Å²) >= 11 is 5.98. The minimum Gasteiger partial charge on any atom is -0.481 e. The van der Waals surface area contributed by atoms with Crippen LogP contribution in [0.15, 0.2) is 48.5 Å². The Kier molecular flexibility index (Phi) is 7.49. The maximum atomic E-state index is 12.8. The second-order valence-corrected chi connectivity index (χ2v) is 7.29. The van der Waals surface area contributed by atoms with Gasteiger partial charge in [0.05, 0.1) is 17.4 Å². The average molecular weight is 417 g/mol. The van der Waals surface area contributed by atoms with E-state index in [1.54, 1.807) is 48.5 Å². The van der Waals surface area contributed by atoms with E-state index in [4.69, 9.17) is 21.1 Å². The highest BCUT2D eigenvalue weighted by Crippen LogP contribution is 2.21. The average Bonchev–Trinajstić information content (AvgIpc) is 3.24. The first-order valence-corrected chi connectivity index (χ1v) is 10.2. The first-order chi connectivity index (χ1) is 14.1. The Bertz CT molecular complexity index is 852. The topological polar surface area (TPSA) is 76.7 Å². The number of carbonyl (C=O) groups excluding carboxylic acids is 2. The summed E-state index contributed by atoms with van der Waals surface area (Å²) in [6.45, 7) is 3.05. The predicted octanol–water partition coefficient (Wildman–Crippen LogP) is 4.04. The largest absolute Gasteiger partial charge is 0.481 e. The van der Waals surface area contributed by atoms with Crippen molar-refractivity contribution in [3.05, 3.63) is 59.1 Å². The molecular formula is C22H25ClN2O4. The van der Waals surface area contributed by atoms with Crippen molar-refractivity contribution in [2.75, 3.05) is 18.5 Å². The zero-order valence-corrected chi connectivity index (χ0v) is 17.1. The van der Waals surface area contributed by atoms with Crippen molar-refractivity contribution in [3.63, 3.8) is 0 Å². The number of anilines is 1. The number of ether oxygens (including phenoxy) is 2. The van der Waals surface area contributed by atoms with E-state index in [-0.39, 0.29) is 17.9 Å². The van der Waals surface area contributed by atoms with E-state index in [0.717, 1.165) is 19.4 Å². The summed E-state index contributed by atoms with van der Waals surface area (Å²) in [6, 6.07) is 13.8. The van der Waals surface area contributed by atoms with E-state index in [9.17, 15) is 9.59 Å². The van der Waals surface area contributed by atoms with E-state index in [1.807, 2.05) is 6.92 Å². The highest BCUT2D eigenvalue weighted by Gasteiger charge is 2.22. The number of carbonyl (C=O) groups is 2. The van der Waals surface area contributed by atoms with Crippen LogP contribution >= 0.6 is 11.6 Å². The van der Waals surface area contributed by atoms with Crippen LogP contribution in [0.2, 0.25) is 5.02 Å². The molecule has 2 N–H and O–H groups in total. The molecule has 1 heterocycles. The lowest BCUT2D eigenvalue weighted by atomic mass is 10.1. The molecule has 1 fully saturated rings. The molecule has 0 saturated carbocycles. The second kappa shape index (κ2) is 10.3. The highest BCUT2D eigenvalue weighted by atomic mass is 35.5. The van der Waals surface area contributed by atoms with Crippen LogP contribution in [0.1, 0.15) is 36.5 Å². The first kappa shape index (κ1) is 21.1. The molecule has 0 unspecified atom stereocenters. The molecule has 2 aromatic rings. The molecule has 3 rings (SSSR count). The summed E-state index contributed by atoms with van der Waals surface area (Å²) in [4.78, 5) is 25.4. The lowest BCUT2D eigenvalue weighted by molar-refractivity contribution is -0.122. The Balaban J connectivity index is 1.65. The molecule has 0 aromatic heterocycles. The molecule has 0 radical (unpaired) electrons. The van der Waals surface area contributed by atoms with Crippen LogP contribution in [0.25, 0.3) is 0 Å². The molecule has 154 valence electrons. The molecule has 2 amide bonds. The highest BCUT2D eigenvalue weighted by molar-refractivity contribution is 6.30. The summed E-state index contributed by atoms with van der Waals surface area (Å²) in [6.07, 6.45) is 1.76. The van der Waals surface area contributed by atoms with Gasteiger partial charge in [-0.25, -0.2) is 0 Å². The van der Waals surface area contributed by atoms with Gasteiger partial charge in [0.15, 0.2) is 6.10 Å². The Hall–Kier alpha value is -2.57. The maximum absolute atomic E-state index is 12.8. The fourth-order valence-corrected chi connectivity index (χ4v) is 3.32. The zero-order valence-electron chi connectivity index (χ0n) is 16.3. The van der Waals surface area contributed by atoms with Gasteiger partial charge in [0, 0.05) is 18.2 Å². The number of amides is 2. The zero-order chi connectivity index (χ0) is 20.6. The van der Waals surface area contributed by atoms with Crippen LogP contribution < -0.4 is 15.4 Å². The fraction of sp³-hybridized carbons (Fsp3) is 0.364. The fourth-order valence-electron chi connectivity index (χ4n) is 3.14. The SMILES string of the molecule is CC[C@H](Oc1cccc(Cl)c1)C(=O)Nc1ccccc1C(=O)NC[C@H]1CCCO1. The van der Waals surface area contributed by atoms with Gasteiger partial charge in [0.25, 0.3) is 11.8 Å². The number of nitrogens with one attached hydrogen (secondary N) is 2. The lowest BCUT2D eigenvalue weighted by Crippen LogP contribution is -2.35. The third-order valence-corrected chi connectivity index (χ3v) is 4.92. The van der Waals surface area contributed by atoms with E-state index in [0.29, 0.717) is 35.0 Å². The van der Waals surface area contributed by atoms with E-state index >= 15 is 0 Å². The summed E-state index contributed by atoms with van der Waals surface area (Å²) in [5.74, 6) is -0.0610. The van der Waals surface area contributed by atoms with Crippen LogP contribution in [0.5, 0.6) is 5.75 Å². The molecule has 1 aliphatic rings. The minimum atomic E-state index is -0.712. The molecule has 2 aromatic carbocycles. The summed E-state index contributed by atoms with van der Waals surface area (Å²) < 4.78 is 11.3. The maximum Gasteiger partial charge on any atom is 0.265 e. The van der Waals surface area contributed by atoms with Crippen LogP contribution in [0, 0.1) is 0 Å². The number of rotatable bonds is 8. The molecule has 6 nitrogen and oxygen atoms in total. The molecule has 0 aliphatic carbocycles. The van der Waals surface area contributed by atoms with Crippen molar-refractivity contribution in [3.8, 4) is 5.75 Å². The Morgan fingerprint density at radius 3 is 2.79 bits per heavy atom. The standard InChI is InChI=1S/C22H25ClN2O4/c1-2-20(29-16-8-5-7-15(23)13-16)22(27)25-19-11-4-3-10-18(19)21(26)24-14-17-9-6-12-28-17/h3-5,7-8,10-11,13,17,20H,2,6,9,12,14H2,1H3,(H,24,26)(H,25,27)/t17-,20+/m1/s1. The van der Waals surface area contributed by atoms with Crippen molar-refractivity contribution < 1.29 is 19.1 Å². The van der Waals surface area contributed by atoms with Crippen molar-refractivity contribution in [2.45, 2.75) is 38.4 Å². The summed E-state index contributed by atoms with van der Waals surface area (Å²) in [5.41, 5.74) is 0.840. The third-order valence-electron chi connectivity index (χ3n) is 4.68. The number of halogens is 1. The number of hydrogen-bond donors (Lipinski definition) is 2. The van der Waals surface area contributed by atoms with Gasteiger partial charge in [-0.05, 0) is 49.6 Å². The molecule has 1 saturated heterocycles. The van der Waals surface area contributed by atoms with Gasteiger partial charge in [-0.15, -0.1) is 0 Å². The van der Waals surface area contributed by atoms with Crippen LogP contribution in [-0.4, -0.2) is 37.2 Å². The van der Waals surface area contributed by atoms with E-state index in [1.165, 1.54) is 0 Å². The third kappa shape index (κ3) is 5.95. The smallest absolute Gasteiger partial charge is 0.265 e. The van der Waals surface area contributed by atoms with Gasteiger partial charge >= 0.3 is 0 Å². The van der Waals surface area contributed by atoms with Crippen molar-refractivity contribution in [1.29, 1.82) is 0 Å². The van der Waals surface area contributed by atoms with Crippen LogP contribution in [-0.2, 0) is 9.53 Å². The molecule has 0 spiro atoms. The number of hydrogen-bond acceptors (Lipinski definition) is 4. The van der Waals surface area contributed by atoms with E-state index in [2.05, 4.69) is 10.6 Å². The van der Waals surface area contributed by atoms with Crippen LogP contribution in [0.3, 0.4) is 0 Å². The monoisotopic (exact) mass is 416 g/mol. The molecule has 0 bridgehead atoms. The second-order valence-electron chi connectivity index (χ2n) is 6.85. The van der Waals surface area contributed by atoms with Gasteiger partial charge in [0.2, 0.25) is 0 Å². The molecule has 7 heteroatoms. The minimum absolute atomic E-state index is 0.0521. The summed E-state index contributed by atoms with van der Waals surface area (Å²) in [5, 5.41) is 6.23.